The van der Waals surface area contributed by atoms with Crippen molar-refractivity contribution in [2.75, 3.05) is 53.4 Å². The molecule has 0 aromatic heterocycles. The molecule has 1 aliphatic heterocycles. The lowest BCUT2D eigenvalue weighted by atomic mass is 10.0. The van der Waals surface area contributed by atoms with Gasteiger partial charge in [0.2, 0.25) is 0 Å². The summed E-state index contributed by atoms with van der Waals surface area (Å²) in [5.74, 6) is 2.36. The summed E-state index contributed by atoms with van der Waals surface area (Å²) in [7, 11) is 3.89. The van der Waals surface area contributed by atoms with Crippen LogP contribution in [0.5, 0.6) is 5.75 Å². The van der Waals surface area contributed by atoms with Crippen LogP contribution in [0.4, 0.5) is 0 Å². The summed E-state index contributed by atoms with van der Waals surface area (Å²) in [5, 5.41) is 6.93. The molecular weight excluding hydrogens is 338 g/mol. The maximum absolute atomic E-state index is 5.22. The van der Waals surface area contributed by atoms with E-state index >= 15 is 0 Å². The van der Waals surface area contributed by atoms with E-state index in [0.717, 1.165) is 51.0 Å². The summed E-state index contributed by atoms with van der Waals surface area (Å²) in [6, 6.07) is 8.60. The predicted octanol–water partition coefficient (Wildman–Crippen LogP) is 2.02. The van der Waals surface area contributed by atoms with Gasteiger partial charge in [0, 0.05) is 45.3 Å². The van der Waals surface area contributed by atoms with E-state index in [1.54, 1.807) is 7.11 Å². The monoisotopic (exact) mass is 375 g/mol. The standard InChI is InChI=1S/C21H37N5O/c1-6-22-21(23-15-18-7-9-19(27-5)10-8-18)24-16-20(17(2)3)26-13-11-25(4)12-14-26/h7-10,17,20H,6,11-16H2,1-5H3,(H2,22,23,24). The van der Waals surface area contributed by atoms with Crippen molar-refractivity contribution in [2.24, 2.45) is 10.9 Å². The third kappa shape index (κ3) is 7.03. The predicted molar refractivity (Wildman–Crippen MR) is 114 cm³/mol. The van der Waals surface area contributed by atoms with Crippen molar-refractivity contribution < 1.29 is 4.74 Å². The molecule has 1 saturated heterocycles. The van der Waals surface area contributed by atoms with Crippen molar-refractivity contribution in [1.82, 2.24) is 20.4 Å². The number of benzene rings is 1. The Bertz CT molecular complexity index is 564. The number of methoxy groups -OCH3 is 1. The van der Waals surface area contributed by atoms with E-state index in [1.165, 1.54) is 5.56 Å². The summed E-state index contributed by atoms with van der Waals surface area (Å²) in [5.41, 5.74) is 1.17. The van der Waals surface area contributed by atoms with Crippen molar-refractivity contribution in [1.29, 1.82) is 0 Å². The molecular formula is C21H37N5O. The first kappa shape index (κ1) is 21.5. The minimum atomic E-state index is 0.517. The second kappa shape index (κ2) is 11.1. The molecule has 0 aliphatic carbocycles. The molecule has 0 spiro atoms. The fourth-order valence-corrected chi connectivity index (χ4v) is 3.38. The highest BCUT2D eigenvalue weighted by Gasteiger charge is 2.25. The van der Waals surface area contributed by atoms with Crippen LogP contribution in [0.2, 0.25) is 0 Å². The van der Waals surface area contributed by atoms with Gasteiger partial charge >= 0.3 is 0 Å². The van der Waals surface area contributed by atoms with Gasteiger partial charge in [0.05, 0.1) is 13.7 Å². The normalized spacial score (nSPS) is 17.8. The molecule has 0 saturated carbocycles. The van der Waals surface area contributed by atoms with Crippen LogP contribution in [0.3, 0.4) is 0 Å². The van der Waals surface area contributed by atoms with Crippen LogP contribution in [0.1, 0.15) is 26.3 Å². The highest BCUT2D eigenvalue weighted by Crippen LogP contribution is 2.13. The molecule has 27 heavy (non-hydrogen) atoms. The second-order valence-corrected chi connectivity index (χ2v) is 7.57. The van der Waals surface area contributed by atoms with E-state index < -0.39 is 0 Å². The van der Waals surface area contributed by atoms with Gasteiger partial charge in [-0.1, -0.05) is 26.0 Å². The molecule has 0 amide bonds. The van der Waals surface area contributed by atoms with E-state index in [-0.39, 0.29) is 0 Å². The van der Waals surface area contributed by atoms with Crippen LogP contribution in [0.15, 0.2) is 29.3 Å². The van der Waals surface area contributed by atoms with Crippen LogP contribution in [0, 0.1) is 5.92 Å². The Morgan fingerprint density at radius 2 is 1.78 bits per heavy atom. The number of nitrogens with zero attached hydrogens (tertiary/aromatic N) is 3. The number of rotatable bonds is 8. The molecule has 1 atom stereocenters. The van der Waals surface area contributed by atoms with Crippen molar-refractivity contribution >= 4 is 5.96 Å². The third-order valence-corrected chi connectivity index (χ3v) is 5.18. The Balaban J connectivity index is 1.94. The average molecular weight is 376 g/mol. The fraction of sp³-hybridized carbons (Fsp3) is 0.667. The van der Waals surface area contributed by atoms with Gasteiger partial charge in [-0.3, -0.25) is 4.90 Å². The molecule has 1 unspecified atom stereocenters. The van der Waals surface area contributed by atoms with Crippen LogP contribution < -0.4 is 15.4 Å². The number of hydrogen-bond acceptors (Lipinski definition) is 4. The minimum absolute atomic E-state index is 0.517. The SMILES string of the molecule is CCNC(=NCc1ccc(OC)cc1)NCC(C(C)C)N1CCN(C)CC1. The lowest BCUT2D eigenvalue weighted by Gasteiger charge is -2.40. The Hall–Kier alpha value is -1.79. The smallest absolute Gasteiger partial charge is 0.191 e. The minimum Gasteiger partial charge on any atom is -0.497 e. The molecule has 1 aromatic rings. The number of ether oxygens (including phenoxy) is 1. The Labute approximate surface area is 165 Å². The molecule has 1 heterocycles. The highest BCUT2D eigenvalue weighted by atomic mass is 16.5. The Morgan fingerprint density at radius 3 is 2.33 bits per heavy atom. The Morgan fingerprint density at radius 1 is 1.11 bits per heavy atom. The van der Waals surface area contributed by atoms with Crippen LogP contribution in [0.25, 0.3) is 0 Å². The lowest BCUT2D eigenvalue weighted by molar-refractivity contribution is 0.0900. The van der Waals surface area contributed by atoms with Gasteiger partial charge in [-0.2, -0.15) is 0 Å². The molecule has 1 aliphatic rings. The summed E-state index contributed by atoms with van der Waals surface area (Å²) in [6.07, 6.45) is 0. The van der Waals surface area contributed by atoms with Crippen LogP contribution in [-0.2, 0) is 6.54 Å². The summed E-state index contributed by atoms with van der Waals surface area (Å²) in [4.78, 5) is 9.77. The molecule has 2 N–H and O–H groups in total. The maximum atomic E-state index is 5.22. The number of hydrogen-bond donors (Lipinski definition) is 2. The van der Waals surface area contributed by atoms with Crippen molar-refractivity contribution in [3.63, 3.8) is 0 Å². The van der Waals surface area contributed by atoms with Gasteiger partial charge in [0.25, 0.3) is 0 Å². The lowest BCUT2D eigenvalue weighted by Crippen LogP contribution is -2.55. The highest BCUT2D eigenvalue weighted by molar-refractivity contribution is 5.79. The summed E-state index contributed by atoms with van der Waals surface area (Å²) in [6.45, 7) is 13.7. The quantitative estimate of drug-likeness (QED) is 0.538. The molecule has 0 radical (unpaired) electrons. The van der Waals surface area contributed by atoms with Gasteiger partial charge in [0.1, 0.15) is 5.75 Å². The zero-order valence-corrected chi connectivity index (χ0v) is 17.7. The topological polar surface area (TPSA) is 52.1 Å². The molecule has 0 bridgehead atoms. The summed E-state index contributed by atoms with van der Waals surface area (Å²) < 4.78 is 5.22. The largest absolute Gasteiger partial charge is 0.497 e. The number of likely N-dealkylation sites (N-methyl/N-ethyl adjacent to an activating group) is 1. The zero-order chi connectivity index (χ0) is 19.6. The van der Waals surface area contributed by atoms with E-state index in [9.17, 15) is 0 Å². The van der Waals surface area contributed by atoms with E-state index in [1.807, 2.05) is 12.1 Å². The number of piperazine rings is 1. The molecule has 6 nitrogen and oxygen atoms in total. The second-order valence-electron chi connectivity index (χ2n) is 7.57. The van der Waals surface area contributed by atoms with Crippen LogP contribution in [-0.4, -0.2) is 75.2 Å². The first-order chi connectivity index (χ1) is 13.0. The van der Waals surface area contributed by atoms with Gasteiger partial charge < -0.3 is 20.3 Å². The molecule has 152 valence electrons. The van der Waals surface area contributed by atoms with E-state index in [4.69, 9.17) is 9.73 Å². The first-order valence-corrected chi connectivity index (χ1v) is 10.1. The van der Waals surface area contributed by atoms with Crippen molar-refractivity contribution in [2.45, 2.75) is 33.4 Å². The number of guanidine groups is 1. The van der Waals surface area contributed by atoms with E-state index in [2.05, 4.69) is 60.4 Å². The summed E-state index contributed by atoms with van der Waals surface area (Å²) >= 11 is 0. The molecule has 6 heteroatoms. The molecule has 1 fully saturated rings. The maximum Gasteiger partial charge on any atom is 0.191 e. The fourth-order valence-electron chi connectivity index (χ4n) is 3.38. The van der Waals surface area contributed by atoms with Crippen molar-refractivity contribution in [3.05, 3.63) is 29.8 Å². The first-order valence-electron chi connectivity index (χ1n) is 10.1. The van der Waals surface area contributed by atoms with Gasteiger partial charge in [-0.25, -0.2) is 4.99 Å². The van der Waals surface area contributed by atoms with Crippen LogP contribution >= 0.6 is 0 Å². The average Bonchev–Trinajstić information content (AvgIpc) is 2.67. The zero-order valence-electron chi connectivity index (χ0n) is 17.7. The van der Waals surface area contributed by atoms with Gasteiger partial charge in [0.15, 0.2) is 5.96 Å². The van der Waals surface area contributed by atoms with Crippen molar-refractivity contribution in [3.8, 4) is 5.75 Å². The van der Waals surface area contributed by atoms with Gasteiger partial charge in [-0.15, -0.1) is 0 Å². The number of aliphatic imine (C=N–C) groups is 1. The van der Waals surface area contributed by atoms with E-state index in [0.29, 0.717) is 18.5 Å². The van der Waals surface area contributed by atoms with Gasteiger partial charge in [-0.05, 0) is 37.6 Å². The third-order valence-electron chi connectivity index (χ3n) is 5.18. The number of nitrogens with one attached hydrogen (secondary N) is 2. The molecule has 2 rings (SSSR count). The molecule has 1 aromatic carbocycles. The Kier molecular flexibility index (Phi) is 8.88.